The second-order valence-corrected chi connectivity index (χ2v) is 4.73. The van der Waals surface area contributed by atoms with Gasteiger partial charge in [0.15, 0.2) is 0 Å². The van der Waals surface area contributed by atoms with E-state index in [2.05, 4.69) is 49.5 Å². The Morgan fingerprint density at radius 2 is 1.68 bits per heavy atom. The van der Waals surface area contributed by atoms with E-state index in [1.165, 1.54) is 16.7 Å². The van der Waals surface area contributed by atoms with E-state index in [9.17, 15) is 0 Å². The number of benzene rings is 2. The number of hydrogen-bond donors (Lipinski definition) is 1. The van der Waals surface area contributed by atoms with Crippen molar-refractivity contribution >= 4 is 5.69 Å². The first-order valence-electron chi connectivity index (χ1n) is 6.72. The highest BCUT2D eigenvalue weighted by molar-refractivity contribution is 5.48. The summed E-state index contributed by atoms with van der Waals surface area (Å²) in [5.41, 5.74) is 5.06. The van der Waals surface area contributed by atoms with Crippen LogP contribution in [0.15, 0.2) is 42.5 Å². The number of nitrogens with one attached hydrogen (secondary N) is 1. The number of aryl methyl sites for hydroxylation is 2. The molecular weight excluding hydrogens is 234 g/mol. The highest BCUT2D eigenvalue weighted by Gasteiger charge is 1.98. The maximum absolute atomic E-state index is 5.43. The van der Waals surface area contributed by atoms with Crippen molar-refractivity contribution < 1.29 is 4.74 Å². The molecule has 0 aliphatic heterocycles. The number of ether oxygens (including phenoxy) is 1. The van der Waals surface area contributed by atoms with Crippen molar-refractivity contribution in [3.8, 4) is 5.75 Å². The molecular formula is C17H21NO. The summed E-state index contributed by atoms with van der Waals surface area (Å²) in [6.07, 6.45) is 0. The molecule has 0 spiro atoms. The van der Waals surface area contributed by atoms with Gasteiger partial charge in [-0.15, -0.1) is 0 Å². The average molecular weight is 255 g/mol. The lowest BCUT2D eigenvalue weighted by molar-refractivity contribution is 0.340. The Labute approximate surface area is 115 Å². The monoisotopic (exact) mass is 255 g/mol. The largest absolute Gasteiger partial charge is 0.494 e. The predicted molar refractivity (Wildman–Crippen MR) is 80.9 cm³/mol. The fourth-order valence-corrected chi connectivity index (χ4v) is 1.93. The molecule has 0 saturated heterocycles. The predicted octanol–water partition coefficient (Wildman–Crippen LogP) is 4.31. The fraction of sp³-hybridized carbons (Fsp3) is 0.294. The van der Waals surface area contributed by atoms with Crippen molar-refractivity contribution in [1.82, 2.24) is 0 Å². The molecule has 2 nitrogen and oxygen atoms in total. The molecule has 100 valence electrons. The maximum atomic E-state index is 5.43. The first kappa shape index (κ1) is 13.5. The zero-order valence-corrected chi connectivity index (χ0v) is 11.9. The van der Waals surface area contributed by atoms with Crippen LogP contribution >= 0.6 is 0 Å². The van der Waals surface area contributed by atoms with Crippen LogP contribution in [0.5, 0.6) is 5.75 Å². The van der Waals surface area contributed by atoms with Crippen molar-refractivity contribution in [2.24, 2.45) is 0 Å². The molecule has 2 aromatic carbocycles. The summed E-state index contributed by atoms with van der Waals surface area (Å²) in [6, 6.07) is 14.7. The molecule has 0 aliphatic carbocycles. The van der Waals surface area contributed by atoms with Crippen molar-refractivity contribution in [1.29, 1.82) is 0 Å². The SMILES string of the molecule is CCOc1ccc(CNc2ccc(C)c(C)c2)cc1. The van der Waals surface area contributed by atoms with Gasteiger partial charge in [0.2, 0.25) is 0 Å². The van der Waals surface area contributed by atoms with Crippen molar-refractivity contribution in [2.75, 3.05) is 11.9 Å². The summed E-state index contributed by atoms with van der Waals surface area (Å²) in [7, 11) is 0. The smallest absolute Gasteiger partial charge is 0.119 e. The van der Waals surface area contributed by atoms with E-state index in [-0.39, 0.29) is 0 Å². The Kier molecular flexibility index (Phi) is 4.45. The molecule has 0 fully saturated rings. The molecule has 0 aliphatic rings. The van der Waals surface area contributed by atoms with E-state index in [0.29, 0.717) is 6.61 Å². The molecule has 0 unspecified atom stereocenters. The van der Waals surface area contributed by atoms with Gasteiger partial charge in [0.05, 0.1) is 6.61 Å². The Balaban J connectivity index is 1.96. The molecule has 0 atom stereocenters. The van der Waals surface area contributed by atoms with Crippen LogP contribution in [-0.2, 0) is 6.54 Å². The number of rotatable bonds is 5. The van der Waals surface area contributed by atoms with E-state index in [0.717, 1.165) is 18.0 Å². The van der Waals surface area contributed by atoms with Crippen LogP contribution in [0.25, 0.3) is 0 Å². The Hall–Kier alpha value is -1.96. The minimum Gasteiger partial charge on any atom is -0.494 e. The van der Waals surface area contributed by atoms with Gasteiger partial charge in [0, 0.05) is 12.2 Å². The molecule has 0 radical (unpaired) electrons. The minimum absolute atomic E-state index is 0.709. The van der Waals surface area contributed by atoms with Crippen LogP contribution in [0.2, 0.25) is 0 Å². The van der Waals surface area contributed by atoms with Gasteiger partial charge < -0.3 is 10.1 Å². The summed E-state index contributed by atoms with van der Waals surface area (Å²) in [6.45, 7) is 7.80. The lowest BCUT2D eigenvalue weighted by Crippen LogP contribution is -2.00. The summed E-state index contributed by atoms with van der Waals surface area (Å²) >= 11 is 0. The third-order valence-electron chi connectivity index (χ3n) is 3.24. The molecule has 0 heterocycles. The third kappa shape index (κ3) is 3.75. The van der Waals surface area contributed by atoms with Crippen LogP contribution in [0, 0.1) is 13.8 Å². The van der Waals surface area contributed by atoms with Gasteiger partial charge in [-0.05, 0) is 61.7 Å². The molecule has 0 aromatic heterocycles. The Morgan fingerprint density at radius 1 is 0.947 bits per heavy atom. The zero-order valence-electron chi connectivity index (χ0n) is 11.9. The second-order valence-electron chi connectivity index (χ2n) is 4.73. The molecule has 0 amide bonds. The maximum Gasteiger partial charge on any atom is 0.119 e. The standard InChI is InChI=1S/C17H21NO/c1-4-19-17-9-6-15(7-10-17)12-18-16-8-5-13(2)14(3)11-16/h5-11,18H,4,12H2,1-3H3. The van der Waals surface area contributed by atoms with E-state index < -0.39 is 0 Å². The van der Waals surface area contributed by atoms with Gasteiger partial charge in [-0.1, -0.05) is 18.2 Å². The highest BCUT2D eigenvalue weighted by atomic mass is 16.5. The second kappa shape index (κ2) is 6.28. The lowest BCUT2D eigenvalue weighted by atomic mass is 10.1. The molecule has 0 saturated carbocycles. The first-order valence-corrected chi connectivity index (χ1v) is 6.72. The Bertz CT molecular complexity index is 531. The van der Waals surface area contributed by atoms with Gasteiger partial charge in [0.25, 0.3) is 0 Å². The van der Waals surface area contributed by atoms with Crippen molar-refractivity contribution in [3.05, 3.63) is 59.2 Å². The molecule has 2 aromatic rings. The number of anilines is 1. The quantitative estimate of drug-likeness (QED) is 0.859. The van der Waals surface area contributed by atoms with Crippen molar-refractivity contribution in [3.63, 3.8) is 0 Å². The van der Waals surface area contributed by atoms with E-state index >= 15 is 0 Å². The highest BCUT2D eigenvalue weighted by Crippen LogP contribution is 2.16. The number of hydrogen-bond acceptors (Lipinski definition) is 2. The van der Waals surface area contributed by atoms with Gasteiger partial charge >= 0.3 is 0 Å². The third-order valence-corrected chi connectivity index (χ3v) is 3.24. The summed E-state index contributed by atoms with van der Waals surface area (Å²) in [5, 5.41) is 3.44. The van der Waals surface area contributed by atoms with Crippen LogP contribution < -0.4 is 10.1 Å². The van der Waals surface area contributed by atoms with Crippen molar-refractivity contribution in [2.45, 2.75) is 27.3 Å². The lowest BCUT2D eigenvalue weighted by Gasteiger charge is -2.09. The van der Waals surface area contributed by atoms with Gasteiger partial charge in [-0.25, -0.2) is 0 Å². The molecule has 1 N–H and O–H groups in total. The van der Waals surface area contributed by atoms with Gasteiger partial charge in [-0.3, -0.25) is 0 Å². The normalized spacial score (nSPS) is 10.3. The molecule has 2 rings (SSSR count). The van der Waals surface area contributed by atoms with Gasteiger partial charge in [-0.2, -0.15) is 0 Å². The van der Waals surface area contributed by atoms with Crippen LogP contribution in [0.4, 0.5) is 5.69 Å². The molecule has 2 heteroatoms. The molecule has 19 heavy (non-hydrogen) atoms. The first-order chi connectivity index (χ1) is 9.19. The summed E-state index contributed by atoms with van der Waals surface area (Å²) in [5.74, 6) is 0.928. The fourth-order valence-electron chi connectivity index (χ4n) is 1.93. The summed E-state index contributed by atoms with van der Waals surface area (Å²) < 4.78 is 5.43. The van der Waals surface area contributed by atoms with Crippen LogP contribution in [-0.4, -0.2) is 6.61 Å². The summed E-state index contributed by atoms with van der Waals surface area (Å²) in [4.78, 5) is 0. The Morgan fingerprint density at radius 3 is 2.32 bits per heavy atom. The topological polar surface area (TPSA) is 21.3 Å². The van der Waals surface area contributed by atoms with Crippen LogP contribution in [0.3, 0.4) is 0 Å². The zero-order chi connectivity index (χ0) is 13.7. The van der Waals surface area contributed by atoms with E-state index in [4.69, 9.17) is 4.74 Å². The average Bonchev–Trinajstić information content (AvgIpc) is 2.42. The molecule has 0 bridgehead atoms. The minimum atomic E-state index is 0.709. The van der Waals surface area contributed by atoms with Crippen LogP contribution in [0.1, 0.15) is 23.6 Å². The van der Waals surface area contributed by atoms with E-state index in [1.807, 2.05) is 19.1 Å². The van der Waals surface area contributed by atoms with Gasteiger partial charge in [0.1, 0.15) is 5.75 Å². The van der Waals surface area contributed by atoms with E-state index in [1.54, 1.807) is 0 Å².